The van der Waals surface area contributed by atoms with Crippen molar-refractivity contribution in [2.45, 2.75) is 30.8 Å². The summed E-state index contributed by atoms with van der Waals surface area (Å²) in [7, 11) is -3.59. The van der Waals surface area contributed by atoms with Crippen molar-refractivity contribution in [1.82, 2.24) is 4.31 Å². The van der Waals surface area contributed by atoms with Gasteiger partial charge < -0.3 is 10.1 Å². The molecule has 1 amide bonds. The van der Waals surface area contributed by atoms with E-state index in [1.165, 1.54) is 17.3 Å². The third-order valence-corrected chi connectivity index (χ3v) is 7.00. The predicted molar refractivity (Wildman–Crippen MR) is 113 cm³/mol. The number of hydrogen-bond acceptors (Lipinski definition) is 6. The molecular weight excluding hydrogens is 418 g/mol. The van der Waals surface area contributed by atoms with Crippen LogP contribution in [0.3, 0.4) is 0 Å². The van der Waals surface area contributed by atoms with Gasteiger partial charge in [0, 0.05) is 18.8 Å². The van der Waals surface area contributed by atoms with Crippen LogP contribution in [-0.4, -0.2) is 43.8 Å². The lowest BCUT2D eigenvalue weighted by Gasteiger charge is -2.30. The van der Waals surface area contributed by atoms with Crippen LogP contribution < -0.4 is 5.32 Å². The first-order chi connectivity index (χ1) is 14.8. The standard InChI is InChI=1S/C22H23N3O5S/c1-16(21(26)24-19-7-5-6-17(14-19)15-23)30-22(27)18-10-12-25(13-11-18)31(28,29)20-8-3-2-4-9-20/h2-9,14,16,18H,10-13H2,1H3,(H,24,26)/t16-/m1/s1. The van der Waals surface area contributed by atoms with E-state index < -0.39 is 33.9 Å². The molecule has 0 aliphatic carbocycles. The molecule has 1 heterocycles. The van der Waals surface area contributed by atoms with E-state index in [4.69, 9.17) is 10.00 Å². The maximum atomic E-state index is 12.7. The number of nitriles is 1. The maximum Gasteiger partial charge on any atom is 0.309 e. The highest BCUT2D eigenvalue weighted by Crippen LogP contribution is 2.25. The molecule has 0 unspecified atom stereocenters. The van der Waals surface area contributed by atoms with Crippen LogP contribution in [0, 0.1) is 17.2 Å². The topological polar surface area (TPSA) is 117 Å². The summed E-state index contributed by atoms with van der Waals surface area (Å²) in [6.45, 7) is 1.88. The van der Waals surface area contributed by atoms with E-state index in [9.17, 15) is 18.0 Å². The molecule has 1 saturated heterocycles. The fourth-order valence-electron chi connectivity index (χ4n) is 3.31. The number of piperidine rings is 1. The number of amides is 1. The van der Waals surface area contributed by atoms with Gasteiger partial charge in [-0.15, -0.1) is 0 Å². The molecule has 1 N–H and O–H groups in total. The highest BCUT2D eigenvalue weighted by Gasteiger charge is 2.33. The van der Waals surface area contributed by atoms with Crippen molar-refractivity contribution < 1.29 is 22.7 Å². The van der Waals surface area contributed by atoms with Gasteiger partial charge in [0.25, 0.3) is 5.91 Å². The molecule has 162 valence electrons. The van der Waals surface area contributed by atoms with Gasteiger partial charge in [-0.2, -0.15) is 9.57 Å². The van der Waals surface area contributed by atoms with E-state index in [2.05, 4.69) is 5.32 Å². The van der Waals surface area contributed by atoms with Gasteiger partial charge in [-0.25, -0.2) is 8.42 Å². The van der Waals surface area contributed by atoms with E-state index in [0.717, 1.165) is 0 Å². The molecule has 2 aromatic carbocycles. The minimum Gasteiger partial charge on any atom is -0.452 e. The lowest BCUT2D eigenvalue weighted by Crippen LogP contribution is -2.41. The lowest BCUT2D eigenvalue weighted by atomic mass is 9.98. The van der Waals surface area contributed by atoms with E-state index in [1.54, 1.807) is 48.5 Å². The average Bonchev–Trinajstić information content (AvgIpc) is 2.79. The van der Waals surface area contributed by atoms with Crippen molar-refractivity contribution in [2.75, 3.05) is 18.4 Å². The Morgan fingerprint density at radius 2 is 1.81 bits per heavy atom. The Morgan fingerprint density at radius 1 is 1.13 bits per heavy atom. The van der Waals surface area contributed by atoms with Gasteiger partial charge >= 0.3 is 5.97 Å². The Labute approximate surface area is 181 Å². The van der Waals surface area contributed by atoms with E-state index >= 15 is 0 Å². The lowest BCUT2D eigenvalue weighted by molar-refractivity contribution is -0.158. The number of nitrogens with zero attached hydrogens (tertiary/aromatic N) is 2. The van der Waals surface area contributed by atoms with Crippen LogP contribution in [0.15, 0.2) is 59.5 Å². The summed E-state index contributed by atoms with van der Waals surface area (Å²) in [5, 5.41) is 11.5. The minimum atomic E-state index is -3.59. The van der Waals surface area contributed by atoms with Gasteiger partial charge in [0.15, 0.2) is 6.10 Å². The first kappa shape index (κ1) is 22.5. The van der Waals surface area contributed by atoms with Crippen LogP contribution in [0.1, 0.15) is 25.3 Å². The van der Waals surface area contributed by atoms with E-state index in [-0.39, 0.29) is 18.0 Å². The normalized spacial score (nSPS) is 16.1. The van der Waals surface area contributed by atoms with Crippen LogP contribution >= 0.6 is 0 Å². The van der Waals surface area contributed by atoms with Gasteiger partial charge in [0.1, 0.15) is 0 Å². The monoisotopic (exact) mass is 441 g/mol. The van der Waals surface area contributed by atoms with Gasteiger partial charge in [-0.05, 0) is 50.1 Å². The van der Waals surface area contributed by atoms with Crippen molar-refractivity contribution in [3.05, 3.63) is 60.2 Å². The summed E-state index contributed by atoms with van der Waals surface area (Å²) in [4.78, 5) is 25.0. The molecule has 0 saturated carbocycles. The summed E-state index contributed by atoms with van der Waals surface area (Å²) in [5.41, 5.74) is 0.839. The molecule has 0 aromatic heterocycles. The first-order valence-corrected chi connectivity index (χ1v) is 11.3. The summed E-state index contributed by atoms with van der Waals surface area (Å²) < 4.78 is 32.0. The Kier molecular flexibility index (Phi) is 7.05. The fourth-order valence-corrected chi connectivity index (χ4v) is 4.80. The molecule has 9 heteroatoms. The van der Waals surface area contributed by atoms with Crippen LogP contribution in [0.2, 0.25) is 0 Å². The number of carbonyl (C=O) groups is 2. The summed E-state index contributed by atoms with van der Waals surface area (Å²) in [6.07, 6.45) is -0.378. The Hall–Kier alpha value is -3.22. The Bertz CT molecular complexity index is 1090. The zero-order valence-electron chi connectivity index (χ0n) is 17.0. The number of carbonyl (C=O) groups excluding carboxylic acids is 2. The van der Waals surface area contributed by atoms with E-state index in [0.29, 0.717) is 24.1 Å². The summed E-state index contributed by atoms with van der Waals surface area (Å²) >= 11 is 0. The summed E-state index contributed by atoms with van der Waals surface area (Å²) in [5.74, 6) is -1.50. The summed E-state index contributed by atoms with van der Waals surface area (Å²) in [6, 6.07) is 16.6. The second-order valence-corrected chi connectivity index (χ2v) is 9.19. The second-order valence-electron chi connectivity index (χ2n) is 7.25. The molecule has 1 fully saturated rings. The highest BCUT2D eigenvalue weighted by atomic mass is 32.2. The van der Waals surface area contributed by atoms with Crippen LogP contribution in [0.5, 0.6) is 0 Å². The number of benzene rings is 2. The first-order valence-electron chi connectivity index (χ1n) is 9.88. The Balaban J connectivity index is 1.52. The number of esters is 1. The van der Waals surface area contributed by atoms with Crippen LogP contribution in [0.4, 0.5) is 5.69 Å². The van der Waals surface area contributed by atoms with Crippen molar-refractivity contribution in [3.63, 3.8) is 0 Å². The molecule has 8 nitrogen and oxygen atoms in total. The zero-order chi connectivity index (χ0) is 22.4. The molecule has 31 heavy (non-hydrogen) atoms. The molecule has 2 aromatic rings. The molecular formula is C22H23N3O5S. The number of rotatable bonds is 6. The fraction of sp³-hybridized carbons (Fsp3) is 0.318. The number of anilines is 1. The molecule has 0 radical (unpaired) electrons. The number of ether oxygens (including phenoxy) is 1. The van der Waals surface area contributed by atoms with Gasteiger partial charge in [0.2, 0.25) is 10.0 Å². The number of hydrogen-bond donors (Lipinski definition) is 1. The molecule has 1 aliphatic heterocycles. The third kappa shape index (κ3) is 5.48. The number of sulfonamides is 1. The molecule has 0 spiro atoms. The number of nitrogens with one attached hydrogen (secondary N) is 1. The van der Waals surface area contributed by atoms with Crippen LogP contribution in [0.25, 0.3) is 0 Å². The van der Waals surface area contributed by atoms with Crippen molar-refractivity contribution in [3.8, 4) is 6.07 Å². The SMILES string of the molecule is C[C@@H](OC(=O)C1CCN(S(=O)(=O)c2ccccc2)CC1)C(=O)Nc1cccc(C#N)c1. The average molecular weight is 442 g/mol. The van der Waals surface area contributed by atoms with Crippen molar-refractivity contribution in [1.29, 1.82) is 5.26 Å². The predicted octanol–water partition coefficient (Wildman–Crippen LogP) is 2.53. The van der Waals surface area contributed by atoms with Gasteiger partial charge in [-0.3, -0.25) is 9.59 Å². The maximum absolute atomic E-state index is 12.7. The molecule has 3 rings (SSSR count). The van der Waals surface area contributed by atoms with Gasteiger partial charge in [0.05, 0.1) is 22.4 Å². The quantitative estimate of drug-likeness (QED) is 0.689. The van der Waals surface area contributed by atoms with E-state index in [1.807, 2.05) is 6.07 Å². The van der Waals surface area contributed by atoms with Crippen molar-refractivity contribution >= 4 is 27.6 Å². The minimum absolute atomic E-state index is 0.207. The molecule has 1 atom stereocenters. The van der Waals surface area contributed by atoms with Gasteiger partial charge in [-0.1, -0.05) is 24.3 Å². The third-order valence-electron chi connectivity index (χ3n) is 5.09. The largest absolute Gasteiger partial charge is 0.452 e. The highest BCUT2D eigenvalue weighted by molar-refractivity contribution is 7.89. The van der Waals surface area contributed by atoms with Crippen LogP contribution in [-0.2, 0) is 24.3 Å². The molecule has 0 bridgehead atoms. The van der Waals surface area contributed by atoms with Crippen molar-refractivity contribution in [2.24, 2.45) is 5.92 Å². The second kappa shape index (κ2) is 9.73. The Morgan fingerprint density at radius 3 is 2.45 bits per heavy atom. The molecule has 1 aliphatic rings. The smallest absolute Gasteiger partial charge is 0.309 e. The zero-order valence-corrected chi connectivity index (χ0v) is 17.8.